The quantitative estimate of drug-likeness (QED) is 0.274. The van der Waals surface area contributed by atoms with Crippen LogP contribution in [0.4, 0.5) is 0 Å². The fourth-order valence-electron chi connectivity index (χ4n) is 5.53. The van der Waals surface area contributed by atoms with E-state index in [1.54, 1.807) is 53.8 Å². The number of methoxy groups -OCH3 is 2. The maximum Gasteiger partial charge on any atom is 0.338 e. The van der Waals surface area contributed by atoms with Crippen molar-refractivity contribution in [2.24, 2.45) is 4.99 Å². The number of aromatic nitrogens is 1. The van der Waals surface area contributed by atoms with Crippen LogP contribution >= 0.6 is 27.3 Å². The Bertz CT molecular complexity index is 1810. The lowest BCUT2D eigenvalue weighted by Crippen LogP contribution is -2.40. The summed E-state index contributed by atoms with van der Waals surface area (Å²) in [6.45, 7) is 5.41. The number of hydrogen-bond donors (Lipinski definition) is 0. The predicted octanol–water partition coefficient (Wildman–Crippen LogP) is 4.36. The van der Waals surface area contributed by atoms with Gasteiger partial charge in [0.1, 0.15) is 5.75 Å². The van der Waals surface area contributed by atoms with Crippen LogP contribution in [0.15, 0.2) is 61.9 Å². The highest BCUT2D eigenvalue weighted by Crippen LogP contribution is 2.36. The number of benzene rings is 2. The molecule has 2 aromatic carbocycles. The highest BCUT2D eigenvalue weighted by molar-refractivity contribution is 9.10. The Kier molecular flexibility index (Phi) is 10.4. The number of allylic oxidation sites excluding steroid dienone is 1. The standard InChI is InChI=1S/C33H36BrN3O7S/c1-5-9-23-29(32(40)43-6-2)30(21-11-13-24(41-3)22(34)18-21)37-31(39)27(45-33(37)35-23)17-20-10-12-25(26(16-20)42-4)44-19-28(38)36-14-7-8-15-36/h10-13,16-18,30H,5-9,14-15,19H2,1-4H3/b27-17+/t30-/m1/s1. The van der Waals surface area contributed by atoms with E-state index >= 15 is 0 Å². The Morgan fingerprint density at radius 1 is 1.04 bits per heavy atom. The van der Waals surface area contributed by atoms with Crippen LogP contribution in [0.1, 0.15) is 56.7 Å². The summed E-state index contributed by atoms with van der Waals surface area (Å²) in [5.74, 6) is 0.962. The Balaban J connectivity index is 1.57. The fraction of sp³-hybridized carbons (Fsp3) is 0.394. The van der Waals surface area contributed by atoms with Gasteiger partial charge in [-0.05, 0) is 83.6 Å². The number of likely N-dealkylation sites (tertiary alicyclic amines) is 1. The molecule has 0 N–H and O–H groups in total. The number of fused-ring (bicyclic) bond motifs is 1. The van der Waals surface area contributed by atoms with Gasteiger partial charge in [0, 0.05) is 13.1 Å². The Hall–Kier alpha value is -3.90. The first-order valence-corrected chi connectivity index (χ1v) is 16.5. The molecule has 10 nitrogen and oxygen atoms in total. The largest absolute Gasteiger partial charge is 0.496 e. The van der Waals surface area contributed by atoms with Crippen LogP contribution in [0.25, 0.3) is 6.08 Å². The van der Waals surface area contributed by atoms with E-state index in [-0.39, 0.29) is 24.7 Å². The predicted molar refractivity (Wildman–Crippen MR) is 175 cm³/mol. The number of carbonyl (C=O) groups is 2. The van der Waals surface area contributed by atoms with Crippen molar-refractivity contribution in [3.63, 3.8) is 0 Å². The molecule has 0 unspecified atom stereocenters. The zero-order valence-corrected chi connectivity index (χ0v) is 28.2. The van der Waals surface area contributed by atoms with E-state index in [1.807, 2.05) is 19.1 Å². The Labute approximate surface area is 273 Å². The molecule has 1 saturated heterocycles. The molecule has 0 radical (unpaired) electrons. The monoisotopic (exact) mass is 697 g/mol. The molecule has 0 spiro atoms. The second-order valence-corrected chi connectivity index (χ2v) is 12.5. The topological polar surface area (TPSA) is 109 Å². The average Bonchev–Trinajstić information content (AvgIpc) is 3.68. The molecule has 3 aromatic rings. The van der Waals surface area contributed by atoms with Gasteiger partial charge in [-0.15, -0.1) is 0 Å². The van der Waals surface area contributed by atoms with Gasteiger partial charge >= 0.3 is 5.97 Å². The van der Waals surface area contributed by atoms with Gasteiger partial charge in [0.05, 0.1) is 47.1 Å². The van der Waals surface area contributed by atoms with E-state index in [0.29, 0.717) is 59.9 Å². The Morgan fingerprint density at radius 3 is 2.44 bits per heavy atom. The third kappa shape index (κ3) is 6.86. The first-order valence-electron chi connectivity index (χ1n) is 14.9. The summed E-state index contributed by atoms with van der Waals surface area (Å²) in [5, 5.41) is 0. The smallest absolute Gasteiger partial charge is 0.338 e. The molecule has 45 heavy (non-hydrogen) atoms. The summed E-state index contributed by atoms with van der Waals surface area (Å²) in [5.41, 5.74) is 2.09. The first kappa shape index (κ1) is 32.5. The van der Waals surface area contributed by atoms with Gasteiger partial charge in [0.15, 0.2) is 22.9 Å². The molecule has 238 valence electrons. The van der Waals surface area contributed by atoms with Crippen LogP contribution in [0.2, 0.25) is 0 Å². The maximum atomic E-state index is 14.1. The molecule has 12 heteroatoms. The minimum atomic E-state index is -0.746. The lowest BCUT2D eigenvalue weighted by Gasteiger charge is -2.26. The number of rotatable bonds is 11. The molecular formula is C33H36BrN3O7S. The number of ether oxygens (including phenoxy) is 4. The summed E-state index contributed by atoms with van der Waals surface area (Å²) < 4.78 is 25.0. The lowest BCUT2D eigenvalue weighted by molar-refractivity contribution is -0.139. The van der Waals surface area contributed by atoms with Gasteiger partial charge in [-0.2, -0.15) is 0 Å². The second-order valence-electron chi connectivity index (χ2n) is 10.6. The number of nitrogens with zero attached hydrogens (tertiary/aromatic N) is 3. The molecule has 0 saturated carbocycles. The van der Waals surface area contributed by atoms with E-state index in [1.165, 1.54) is 18.4 Å². The third-order valence-electron chi connectivity index (χ3n) is 7.68. The lowest BCUT2D eigenvalue weighted by atomic mass is 9.94. The van der Waals surface area contributed by atoms with Crippen molar-refractivity contribution in [3.8, 4) is 17.2 Å². The number of amides is 1. The zero-order valence-electron chi connectivity index (χ0n) is 25.8. The van der Waals surface area contributed by atoms with E-state index in [2.05, 4.69) is 15.9 Å². The average molecular weight is 699 g/mol. The summed E-state index contributed by atoms with van der Waals surface area (Å²) in [4.78, 5) is 47.1. The SMILES string of the molecule is CCCC1=C(C(=O)OCC)[C@@H](c2ccc(OC)c(Br)c2)n2c(s/c(=C/c3ccc(OCC(=O)N4CCCC4)c(OC)c3)c2=O)=N1. The van der Waals surface area contributed by atoms with Crippen LogP contribution in [0.5, 0.6) is 17.2 Å². The van der Waals surface area contributed by atoms with Crippen molar-refractivity contribution >= 4 is 45.2 Å². The van der Waals surface area contributed by atoms with Crippen LogP contribution in [0.3, 0.4) is 0 Å². The van der Waals surface area contributed by atoms with Crippen LogP contribution in [-0.2, 0) is 14.3 Å². The number of halogens is 1. The van der Waals surface area contributed by atoms with Gasteiger partial charge in [-0.1, -0.05) is 36.8 Å². The summed E-state index contributed by atoms with van der Waals surface area (Å²) in [6.07, 6.45) is 5.09. The zero-order chi connectivity index (χ0) is 32.1. The molecule has 2 aliphatic heterocycles. The van der Waals surface area contributed by atoms with Gasteiger partial charge in [0.25, 0.3) is 11.5 Å². The second kappa shape index (κ2) is 14.5. The van der Waals surface area contributed by atoms with Crippen molar-refractivity contribution in [1.82, 2.24) is 9.47 Å². The molecule has 1 fully saturated rings. The maximum absolute atomic E-state index is 14.1. The van der Waals surface area contributed by atoms with Gasteiger partial charge in [-0.25, -0.2) is 9.79 Å². The molecule has 5 rings (SSSR count). The highest BCUT2D eigenvalue weighted by atomic mass is 79.9. The summed E-state index contributed by atoms with van der Waals surface area (Å²) in [7, 11) is 3.11. The molecule has 0 bridgehead atoms. The minimum Gasteiger partial charge on any atom is -0.496 e. The fourth-order valence-corrected chi connectivity index (χ4v) is 7.11. The van der Waals surface area contributed by atoms with Crippen LogP contribution in [-0.4, -0.2) is 61.9 Å². The minimum absolute atomic E-state index is 0.0530. The van der Waals surface area contributed by atoms with Crippen molar-refractivity contribution in [2.75, 3.05) is 40.5 Å². The van der Waals surface area contributed by atoms with Gasteiger partial charge < -0.3 is 23.8 Å². The molecule has 3 heterocycles. The highest BCUT2D eigenvalue weighted by Gasteiger charge is 2.34. The third-order valence-corrected chi connectivity index (χ3v) is 9.28. The molecule has 0 aliphatic carbocycles. The van der Waals surface area contributed by atoms with Crippen molar-refractivity contribution < 1.29 is 28.5 Å². The van der Waals surface area contributed by atoms with Crippen molar-refractivity contribution in [3.05, 3.63) is 83.0 Å². The van der Waals surface area contributed by atoms with Crippen molar-refractivity contribution in [2.45, 2.75) is 45.6 Å². The van der Waals surface area contributed by atoms with E-state index in [0.717, 1.165) is 32.4 Å². The van der Waals surface area contributed by atoms with Crippen LogP contribution in [0, 0.1) is 0 Å². The van der Waals surface area contributed by atoms with Crippen LogP contribution < -0.4 is 29.1 Å². The Morgan fingerprint density at radius 2 is 1.78 bits per heavy atom. The number of esters is 1. The summed E-state index contributed by atoms with van der Waals surface area (Å²) >= 11 is 4.81. The number of hydrogen-bond acceptors (Lipinski definition) is 9. The van der Waals surface area contributed by atoms with Crippen molar-refractivity contribution in [1.29, 1.82) is 0 Å². The first-order chi connectivity index (χ1) is 21.8. The van der Waals surface area contributed by atoms with Gasteiger partial charge in [-0.3, -0.25) is 14.2 Å². The normalized spacial score (nSPS) is 16.3. The molecule has 1 aromatic heterocycles. The molecule has 2 aliphatic rings. The van der Waals surface area contributed by atoms with E-state index in [4.69, 9.17) is 23.9 Å². The number of carbonyl (C=O) groups excluding carboxylic acids is 2. The van der Waals surface area contributed by atoms with E-state index < -0.39 is 12.0 Å². The van der Waals surface area contributed by atoms with Gasteiger partial charge in [0.2, 0.25) is 0 Å². The van der Waals surface area contributed by atoms with E-state index in [9.17, 15) is 14.4 Å². The molecule has 1 atom stereocenters. The summed E-state index contributed by atoms with van der Waals surface area (Å²) in [6, 6.07) is 10.1. The molecular weight excluding hydrogens is 662 g/mol. The molecule has 1 amide bonds. The number of thiazole rings is 1.